The number of unbranched alkanes of at least 4 members (excludes halogenated alkanes) is 45. The Morgan fingerprint density at radius 1 is 0.267 bits per heavy atom. The maximum absolute atomic E-state index is 12.9. The Balaban J connectivity index is 4.31. The summed E-state index contributed by atoms with van der Waals surface area (Å²) in [5, 5.41) is 0. The molecule has 0 N–H and O–H groups in total. The highest BCUT2D eigenvalue weighted by Gasteiger charge is 2.19. The Labute approximate surface area is 467 Å². The standard InChI is InChI=1S/C69H128O6/c1-4-7-10-13-16-19-22-25-28-30-32-34-36-38-41-44-47-50-53-56-59-62-68(71)74-65-66(64-73-67(70)61-58-55-52-49-46-43-40-27-24-21-18-15-12-9-6-3)75-69(72)63-60-57-54-51-48-45-42-39-37-35-33-31-29-26-23-20-17-14-11-8-5-2/h18,21,26-27,29,40,66H,4-17,19-20,22-25,28,30-39,41-65H2,1-3H3/b21-18-,29-26-,40-27-/t66-/m1/s1. The summed E-state index contributed by atoms with van der Waals surface area (Å²) >= 11 is 0. The monoisotopic (exact) mass is 1050 g/mol. The van der Waals surface area contributed by atoms with E-state index in [1.165, 1.54) is 250 Å². The first kappa shape index (κ1) is 72.6. The highest BCUT2D eigenvalue weighted by Crippen LogP contribution is 2.18. The first-order valence-electron chi connectivity index (χ1n) is 33.5. The van der Waals surface area contributed by atoms with Crippen LogP contribution in [0.15, 0.2) is 36.5 Å². The number of ether oxygens (including phenoxy) is 3. The van der Waals surface area contributed by atoms with Crippen molar-refractivity contribution in [3.63, 3.8) is 0 Å². The molecule has 0 aromatic heterocycles. The molecule has 0 rings (SSSR count). The van der Waals surface area contributed by atoms with Gasteiger partial charge < -0.3 is 14.2 Å². The molecule has 0 aliphatic carbocycles. The topological polar surface area (TPSA) is 78.9 Å². The zero-order chi connectivity index (χ0) is 54.3. The van der Waals surface area contributed by atoms with Crippen molar-refractivity contribution in [2.75, 3.05) is 13.2 Å². The van der Waals surface area contributed by atoms with E-state index in [9.17, 15) is 14.4 Å². The molecule has 75 heavy (non-hydrogen) atoms. The average molecular weight is 1050 g/mol. The molecule has 6 heteroatoms. The molecular weight excluding hydrogens is 925 g/mol. The number of carbonyl (C=O) groups is 3. The smallest absolute Gasteiger partial charge is 0.306 e. The van der Waals surface area contributed by atoms with E-state index in [1.54, 1.807) is 0 Å². The fourth-order valence-corrected chi connectivity index (χ4v) is 10.1. The van der Waals surface area contributed by atoms with Crippen LogP contribution in [-0.2, 0) is 28.6 Å². The molecule has 0 aromatic carbocycles. The van der Waals surface area contributed by atoms with Crippen LogP contribution in [0.4, 0.5) is 0 Å². The molecule has 0 aromatic rings. The van der Waals surface area contributed by atoms with Crippen molar-refractivity contribution < 1.29 is 28.6 Å². The molecule has 440 valence electrons. The lowest BCUT2D eigenvalue weighted by Crippen LogP contribution is -2.30. The summed E-state index contributed by atoms with van der Waals surface area (Å²) in [5.41, 5.74) is 0. The van der Waals surface area contributed by atoms with E-state index in [2.05, 4.69) is 57.2 Å². The number of hydrogen-bond donors (Lipinski definition) is 0. The Morgan fingerprint density at radius 2 is 0.480 bits per heavy atom. The first-order chi connectivity index (χ1) is 37.0. The fourth-order valence-electron chi connectivity index (χ4n) is 10.1. The van der Waals surface area contributed by atoms with Gasteiger partial charge in [0.2, 0.25) is 0 Å². The number of allylic oxidation sites excluding steroid dienone is 6. The van der Waals surface area contributed by atoms with Gasteiger partial charge in [-0.2, -0.15) is 0 Å². The molecule has 0 aliphatic rings. The minimum atomic E-state index is -0.777. The fraction of sp³-hybridized carbons (Fsp3) is 0.870. The summed E-state index contributed by atoms with van der Waals surface area (Å²) in [6.45, 7) is 6.67. The van der Waals surface area contributed by atoms with Crippen molar-refractivity contribution in [1.82, 2.24) is 0 Å². The summed E-state index contributed by atoms with van der Waals surface area (Å²) in [7, 11) is 0. The molecule has 0 spiro atoms. The molecule has 0 amide bonds. The van der Waals surface area contributed by atoms with Crippen LogP contribution in [0.25, 0.3) is 0 Å². The van der Waals surface area contributed by atoms with Crippen LogP contribution in [0.5, 0.6) is 0 Å². The molecule has 0 unspecified atom stereocenters. The van der Waals surface area contributed by atoms with Gasteiger partial charge in [-0.1, -0.05) is 308 Å². The molecule has 0 aliphatic heterocycles. The van der Waals surface area contributed by atoms with Crippen molar-refractivity contribution in [3.05, 3.63) is 36.5 Å². The van der Waals surface area contributed by atoms with Crippen LogP contribution in [-0.4, -0.2) is 37.2 Å². The lowest BCUT2D eigenvalue weighted by molar-refractivity contribution is -0.167. The Hall–Kier alpha value is -2.37. The van der Waals surface area contributed by atoms with E-state index in [0.29, 0.717) is 19.3 Å². The number of esters is 3. The number of rotatable bonds is 62. The number of hydrogen-bond acceptors (Lipinski definition) is 6. The SMILES string of the molecule is CCCCC/C=C\C/C=C\CCCCCCCC(=O)OC[C@H](COC(=O)CCCCCCCCCCCCCCCCCCCCCCC)OC(=O)CCCCCCCCCCCCC/C=C\CCCCCCCC. The molecule has 0 heterocycles. The first-order valence-corrected chi connectivity index (χ1v) is 33.5. The maximum atomic E-state index is 12.9. The summed E-state index contributed by atoms with van der Waals surface area (Å²) in [6.07, 6.45) is 78.7. The second-order valence-corrected chi connectivity index (χ2v) is 22.7. The third-order valence-electron chi connectivity index (χ3n) is 15.1. The molecule has 0 saturated heterocycles. The molecule has 0 radical (unpaired) electrons. The highest BCUT2D eigenvalue weighted by molar-refractivity contribution is 5.71. The van der Waals surface area contributed by atoms with Gasteiger partial charge in [-0.3, -0.25) is 14.4 Å². The molecule has 0 saturated carbocycles. The lowest BCUT2D eigenvalue weighted by atomic mass is 10.0. The number of carbonyl (C=O) groups excluding carboxylic acids is 3. The third kappa shape index (κ3) is 62.4. The zero-order valence-corrected chi connectivity index (χ0v) is 50.6. The molecular formula is C69H128O6. The quantitative estimate of drug-likeness (QED) is 0.0261. The van der Waals surface area contributed by atoms with Crippen molar-refractivity contribution in [3.8, 4) is 0 Å². The molecule has 6 nitrogen and oxygen atoms in total. The molecule has 0 fully saturated rings. The van der Waals surface area contributed by atoms with Gasteiger partial charge in [0.25, 0.3) is 0 Å². The summed E-state index contributed by atoms with van der Waals surface area (Å²) < 4.78 is 17.0. The van der Waals surface area contributed by atoms with E-state index in [0.717, 1.165) is 77.0 Å². The van der Waals surface area contributed by atoms with E-state index in [1.807, 2.05) is 0 Å². The normalized spacial score (nSPS) is 12.2. The Bertz CT molecular complexity index is 1250. The minimum Gasteiger partial charge on any atom is -0.462 e. The van der Waals surface area contributed by atoms with Gasteiger partial charge in [-0.25, -0.2) is 0 Å². The highest BCUT2D eigenvalue weighted by atomic mass is 16.6. The van der Waals surface area contributed by atoms with Gasteiger partial charge in [0.1, 0.15) is 13.2 Å². The second-order valence-electron chi connectivity index (χ2n) is 22.7. The van der Waals surface area contributed by atoms with Crippen molar-refractivity contribution in [2.45, 2.75) is 374 Å². The van der Waals surface area contributed by atoms with Crippen molar-refractivity contribution >= 4 is 17.9 Å². The van der Waals surface area contributed by atoms with Crippen LogP contribution in [0.3, 0.4) is 0 Å². The second kappa shape index (κ2) is 64.2. The predicted octanol–water partition coefficient (Wildman–Crippen LogP) is 22.8. The van der Waals surface area contributed by atoms with Gasteiger partial charge in [0.05, 0.1) is 0 Å². The van der Waals surface area contributed by atoms with Crippen LogP contribution in [0.1, 0.15) is 367 Å². The van der Waals surface area contributed by atoms with Crippen LogP contribution >= 0.6 is 0 Å². The van der Waals surface area contributed by atoms with Gasteiger partial charge in [-0.05, 0) is 77.0 Å². The summed E-state index contributed by atoms with van der Waals surface area (Å²) in [6, 6.07) is 0. The van der Waals surface area contributed by atoms with Gasteiger partial charge >= 0.3 is 17.9 Å². The minimum absolute atomic E-state index is 0.0723. The van der Waals surface area contributed by atoms with Crippen LogP contribution in [0, 0.1) is 0 Å². The largest absolute Gasteiger partial charge is 0.462 e. The van der Waals surface area contributed by atoms with Crippen LogP contribution < -0.4 is 0 Å². The summed E-state index contributed by atoms with van der Waals surface area (Å²) in [4.78, 5) is 38.4. The van der Waals surface area contributed by atoms with E-state index >= 15 is 0 Å². The van der Waals surface area contributed by atoms with Crippen LogP contribution in [0.2, 0.25) is 0 Å². The van der Waals surface area contributed by atoms with Gasteiger partial charge in [0, 0.05) is 19.3 Å². The van der Waals surface area contributed by atoms with Crippen molar-refractivity contribution in [1.29, 1.82) is 0 Å². The van der Waals surface area contributed by atoms with Gasteiger partial charge in [0.15, 0.2) is 6.10 Å². The Kier molecular flexibility index (Phi) is 62.1. The van der Waals surface area contributed by atoms with Crippen molar-refractivity contribution in [2.24, 2.45) is 0 Å². The van der Waals surface area contributed by atoms with E-state index < -0.39 is 6.10 Å². The third-order valence-corrected chi connectivity index (χ3v) is 15.1. The maximum Gasteiger partial charge on any atom is 0.306 e. The lowest BCUT2D eigenvalue weighted by Gasteiger charge is -2.18. The average Bonchev–Trinajstić information content (AvgIpc) is 3.41. The molecule has 1 atom stereocenters. The van der Waals surface area contributed by atoms with E-state index in [4.69, 9.17) is 14.2 Å². The summed E-state index contributed by atoms with van der Waals surface area (Å²) in [5.74, 6) is -0.861. The van der Waals surface area contributed by atoms with Gasteiger partial charge in [-0.15, -0.1) is 0 Å². The molecule has 0 bridgehead atoms. The Morgan fingerprint density at radius 3 is 0.773 bits per heavy atom. The predicted molar refractivity (Wildman–Crippen MR) is 326 cm³/mol. The van der Waals surface area contributed by atoms with E-state index in [-0.39, 0.29) is 31.1 Å². The zero-order valence-electron chi connectivity index (χ0n) is 50.6.